The molecule has 1 atom stereocenters. The fraction of sp³-hybridized carbons (Fsp3) is 0.286. The molecule has 0 aliphatic carbocycles. The van der Waals surface area contributed by atoms with Gasteiger partial charge in [0.25, 0.3) is 0 Å². The summed E-state index contributed by atoms with van der Waals surface area (Å²) in [5.74, 6) is 0.682. The topological polar surface area (TPSA) is 73.2 Å². The number of ether oxygens (including phenoxy) is 1. The molecule has 0 bridgehead atoms. The zero-order valence-corrected chi connectivity index (χ0v) is 19.2. The first-order valence-corrected chi connectivity index (χ1v) is 11.6. The minimum atomic E-state index is -3.69. The van der Waals surface area contributed by atoms with Crippen molar-refractivity contribution >= 4 is 26.0 Å². The molecule has 1 unspecified atom stereocenters. The van der Waals surface area contributed by atoms with Crippen LogP contribution >= 0.6 is 15.9 Å². The number of imidazole rings is 1. The van der Waals surface area contributed by atoms with E-state index in [-0.39, 0.29) is 4.90 Å². The smallest absolute Gasteiger partial charge is 0.302 e. The van der Waals surface area contributed by atoms with Crippen molar-refractivity contribution in [3.8, 4) is 11.8 Å². The summed E-state index contributed by atoms with van der Waals surface area (Å²) in [5, 5.41) is 0. The van der Waals surface area contributed by atoms with E-state index in [2.05, 4.69) is 25.6 Å². The molecule has 1 N–H and O–H groups in total. The molecule has 0 saturated carbocycles. The van der Waals surface area contributed by atoms with Crippen LogP contribution in [0.3, 0.4) is 0 Å². The number of aryl methyl sites for hydroxylation is 2. The Kier molecular flexibility index (Phi) is 6.45. The predicted octanol–water partition coefficient (Wildman–Crippen LogP) is 5.11. The summed E-state index contributed by atoms with van der Waals surface area (Å²) in [5.41, 5.74) is 2.54. The molecule has 8 heteroatoms. The van der Waals surface area contributed by atoms with Crippen molar-refractivity contribution in [2.75, 3.05) is 0 Å². The molecule has 0 fully saturated rings. The molecular weight excluding hydrogens is 454 g/mol. The Morgan fingerprint density at radius 2 is 1.86 bits per heavy atom. The fourth-order valence-electron chi connectivity index (χ4n) is 3.10. The van der Waals surface area contributed by atoms with Crippen LogP contribution in [0.4, 0.5) is 0 Å². The van der Waals surface area contributed by atoms with Crippen LogP contribution in [0.1, 0.15) is 36.7 Å². The molecule has 29 heavy (non-hydrogen) atoms. The fourth-order valence-corrected chi connectivity index (χ4v) is 5.02. The van der Waals surface area contributed by atoms with Crippen LogP contribution in [0.2, 0.25) is 0 Å². The molecule has 3 rings (SSSR count). The van der Waals surface area contributed by atoms with Gasteiger partial charge in [0.15, 0.2) is 0 Å². The third kappa shape index (κ3) is 4.88. The van der Waals surface area contributed by atoms with Crippen molar-refractivity contribution in [1.82, 2.24) is 14.3 Å². The standard InChI is InChI=1S/C21H24BrN3O3S/c1-5-25-19(13-23-21(25)28-18-9-6-14(2)7-10-18)16(4)24-29(26,27)20-11-8-17(22)12-15(20)3/h6-13,16,24H,5H2,1-4H3. The highest BCUT2D eigenvalue weighted by Crippen LogP contribution is 2.27. The second kappa shape index (κ2) is 8.69. The number of benzene rings is 2. The van der Waals surface area contributed by atoms with Crippen LogP contribution in [0.5, 0.6) is 11.8 Å². The largest absolute Gasteiger partial charge is 0.426 e. The summed E-state index contributed by atoms with van der Waals surface area (Å²) in [7, 11) is -3.69. The van der Waals surface area contributed by atoms with Gasteiger partial charge in [0.05, 0.1) is 22.8 Å². The molecule has 0 radical (unpaired) electrons. The number of rotatable bonds is 7. The third-order valence-electron chi connectivity index (χ3n) is 4.60. The van der Waals surface area contributed by atoms with Crippen molar-refractivity contribution in [3.63, 3.8) is 0 Å². The quantitative estimate of drug-likeness (QED) is 0.512. The maximum Gasteiger partial charge on any atom is 0.302 e. The van der Waals surface area contributed by atoms with Crippen LogP contribution in [-0.4, -0.2) is 18.0 Å². The Bertz CT molecular complexity index is 1110. The van der Waals surface area contributed by atoms with E-state index in [9.17, 15) is 8.42 Å². The first kappa shape index (κ1) is 21.5. The molecule has 0 saturated heterocycles. The summed E-state index contributed by atoms with van der Waals surface area (Å²) in [6.45, 7) is 8.14. The molecule has 154 valence electrons. The van der Waals surface area contributed by atoms with Crippen LogP contribution in [0.15, 0.2) is 58.0 Å². The van der Waals surface area contributed by atoms with Gasteiger partial charge < -0.3 is 4.74 Å². The highest BCUT2D eigenvalue weighted by Gasteiger charge is 2.23. The van der Waals surface area contributed by atoms with Crippen LogP contribution in [0, 0.1) is 13.8 Å². The summed E-state index contributed by atoms with van der Waals surface area (Å²) in [4.78, 5) is 4.61. The zero-order valence-electron chi connectivity index (χ0n) is 16.8. The summed E-state index contributed by atoms with van der Waals surface area (Å²) >= 11 is 3.36. The van der Waals surface area contributed by atoms with E-state index in [1.807, 2.05) is 42.7 Å². The molecular formula is C21H24BrN3O3S. The average Bonchev–Trinajstić information content (AvgIpc) is 3.05. The Labute approximate surface area is 180 Å². The van der Waals surface area contributed by atoms with E-state index in [1.54, 1.807) is 38.2 Å². The number of nitrogens with zero attached hydrogens (tertiary/aromatic N) is 2. The van der Waals surface area contributed by atoms with Gasteiger partial charge in [-0.15, -0.1) is 0 Å². The molecule has 1 heterocycles. The van der Waals surface area contributed by atoms with E-state index in [4.69, 9.17) is 4.74 Å². The number of sulfonamides is 1. The highest BCUT2D eigenvalue weighted by molar-refractivity contribution is 9.10. The van der Waals surface area contributed by atoms with Gasteiger partial charge in [-0.25, -0.2) is 18.1 Å². The third-order valence-corrected chi connectivity index (χ3v) is 6.79. The van der Waals surface area contributed by atoms with Crippen molar-refractivity contribution in [2.24, 2.45) is 0 Å². The number of nitrogens with one attached hydrogen (secondary N) is 1. The molecule has 0 aliphatic heterocycles. The van der Waals surface area contributed by atoms with Gasteiger partial charge in [0, 0.05) is 11.0 Å². The summed E-state index contributed by atoms with van der Waals surface area (Å²) in [6.07, 6.45) is 1.65. The molecule has 0 aliphatic rings. The Morgan fingerprint density at radius 1 is 1.17 bits per heavy atom. The van der Waals surface area contributed by atoms with E-state index < -0.39 is 16.1 Å². The first-order valence-electron chi connectivity index (χ1n) is 9.29. The molecule has 0 amide bonds. The number of halogens is 1. The SMILES string of the molecule is CCn1c(C(C)NS(=O)(=O)c2ccc(Br)cc2C)cnc1Oc1ccc(C)cc1. The lowest BCUT2D eigenvalue weighted by molar-refractivity contribution is 0.408. The van der Waals surface area contributed by atoms with Crippen LogP contribution < -0.4 is 9.46 Å². The van der Waals surface area contributed by atoms with Crippen LogP contribution in [-0.2, 0) is 16.6 Å². The monoisotopic (exact) mass is 477 g/mol. The summed E-state index contributed by atoms with van der Waals surface area (Å²) in [6, 6.07) is 12.7. The number of hydrogen-bond acceptors (Lipinski definition) is 4. The minimum Gasteiger partial charge on any atom is -0.426 e. The maximum absolute atomic E-state index is 12.9. The van der Waals surface area contributed by atoms with Gasteiger partial charge in [0.2, 0.25) is 10.0 Å². The van der Waals surface area contributed by atoms with Crippen molar-refractivity contribution in [2.45, 2.75) is 45.2 Å². The van der Waals surface area contributed by atoms with Crippen molar-refractivity contribution in [1.29, 1.82) is 0 Å². The van der Waals surface area contributed by atoms with Gasteiger partial charge in [-0.3, -0.25) is 4.57 Å². The molecule has 2 aromatic carbocycles. The van der Waals surface area contributed by atoms with Crippen molar-refractivity contribution in [3.05, 3.63) is 70.0 Å². The Balaban J connectivity index is 1.84. The zero-order chi connectivity index (χ0) is 21.2. The molecule has 6 nitrogen and oxygen atoms in total. The van der Waals surface area contributed by atoms with Crippen molar-refractivity contribution < 1.29 is 13.2 Å². The van der Waals surface area contributed by atoms with Crippen LogP contribution in [0.25, 0.3) is 0 Å². The second-order valence-corrected chi connectivity index (χ2v) is 9.48. The van der Waals surface area contributed by atoms with Gasteiger partial charge in [-0.2, -0.15) is 0 Å². The summed E-state index contributed by atoms with van der Waals surface area (Å²) < 4.78 is 37.1. The Morgan fingerprint density at radius 3 is 2.48 bits per heavy atom. The lowest BCUT2D eigenvalue weighted by atomic mass is 10.2. The number of hydrogen-bond donors (Lipinski definition) is 1. The van der Waals surface area contributed by atoms with E-state index in [0.29, 0.717) is 23.9 Å². The van der Waals surface area contributed by atoms with Gasteiger partial charge in [-0.05, 0) is 63.6 Å². The number of aromatic nitrogens is 2. The van der Waals surface area contributed by atoms with E-state index in [0.717, 1.165) is 15.7 Å². The Hall–Kier alpha value is -2.16. The molecule has 1 aromatic heterocycles. The maximum atomic E-state index is 12.9. The lowest BCUT2D eigenvalue weighted by Crippen LogP contribution is -2.28. The lowest BCUT2D eigenvalue weighted by Gasteiger charge is -2.18. The molecule has 3 aromatic rings. The normalized spacial score (nSPS) is 12.7. The van der Waals surface area contributed by atoms with E-state index in [1.165, 1.54) is 0 Å². The highest BCUT2D eigenvalue weighted by atomic mass is 79.9. The molecule has 0 spiro atoms. The van der Waals surface area contributed by atoms with Gasteiger partial charge in [0.1, 0.15) is 5.75 Å². The predicted molar refractivity (Wildman–Crippen MR) is 117 cm³/mol. The van der Waals surface area contributed by atoms with E-state index >= 15 is 0 Å². The van der Waals surface area contributed by atoms with Gasteiger partial charge >= 0.3 is 6.01 Å². The van der Waals surface area contributed by atoms with Gasteiger partial charge in [-0.1, -0.05) is 33.6 Å². The first-order chi connectivity index (χ1) is 13.7. The minimum absolute atomic E-state index is 0.256. The average molecular weight is 478 g/mol. The second-order valence-electron chi connectivity index (χ2n) is 6.88.